The molecule has 110 valence electrons. The predicted octanol–water partition coefficient (Wildman–Crippen LogP) is 3.54. The van der Waals surface area contributed by atoms with E-state index in [1.165, 1.54) is 19.3 Å². The molecule has 0 bridgehead atoms. The fourth-order valence-electron chi connectivity index (χ4n) is 3.16. The summed E-state index contributed by atoms with van der Waals surface area (Å²) in [5.74, 6) is 0.103. The van der Waals surface area contributed by atoms with Gasteiger partial charge in [-0.3, -0.25) is 4.79 Å². The molecule has 0 spiro atoms. The number of benzene rings is 1. The lowest BCUT2D eigenvalue weighted by atomic mass is 9.71. The van der Waals surface area contributed by atoms with Crippen LogP contribution in [0.15, 0.2) is 18.2 Å². The second-order valence-electron chi connectivity index (χ2n) is 6.31. The van der Waals surface area contributed by atoms with Crippen molar-refractivity contribution < 1.29 is 4.79 Å². The molecule has 20 heavy (non-hydrogen) atoms. The Hall–Kier alpha value is -1.35. The van der Waals surface area contributed by atoms with Gasteiger partial charge < -0.3 is 11.1 Å². The van der Waals surface area contributed by atoms with Crippen LogP contribution in [0.4, 0.5) is 5.69 Å². The van der Waals surface area contributed by atoms with Gasteiger partial charge in [-0.15, -0.1) is 0 Å². The number of amides is 1. The number of nitrogens with two attached hydrogens (primary N) is 1. The van der Waals surface area contributed by atoms with Gasteiger partial charge in [-0.1, -0.05) is 31.4 Å². The molecule has 1 fully saturated rings. The molecular formula is C17H26N2O. The van der Waals surface area contributed by atoms with Crippen molar-refractivity contribution in [2.24, 2.45) is 11.1 Å². The number of hydrogen-bond donors (Lipinski definition) is 2. The van der Waals surface area contributed by atoms with Crippen LogP contribution in [0.3, 0.4) is 0 Å². The summed E-state index contributed by atoms with van der Waals surface area (Å²) < 4.78 is 0. The maximum Gasteiger partial charge on any atom is 0.224 e. The fourth-order valence-corrected chi connectivity index (χ4v) is 3.16. The zero-order valence-electron chi connectivity index (χ0n) is 12.7. The second kappa shape index (κ2) is 6.40. The van der Waals surface area contributed by atoms with E-state index in [1.807, 2.05) is 26.0 Å². The average Bonchev–Trinajstić information content (AvgIpc) is 2.44. The molecule has 3 heteroatoms. The van der Waals surface area contributed by atoms with Gasteiger partial charge in [-0.25, -0.2) is 0 Å². The zero-order valence-corrected chi connectivity index (χ0v) is 12.7. The highest BCUT2D eigenvalue weighted by Crippen LogP contribution is 2.38. The van der Waals surface area contributed by atoms with Crippen molar-refractivity contribution in [3.8, 4) is 0 Å². The number of carbonyl (C=O) groups is 1. The van der Waals surface area contributed by atoms with Crippen molar-refractivity contribution in [3.05, 3.63) is 29.3 Å². The largest absolute Gasteiger partial charge is 0.330 e. The van der Waals surface area contributed by atoms with Crippen LogP contribution in [0.2, 0.25) is 0 Å². The highest BCUT2D eigenvalue weighted by Gasteiger charge is 2.32. The Morgan fingerprint density at radius 1 is 1.25 bits per heavy atom. The summed E-state index contributed by atoms with van der Waals surface area (Å²) in [7, 11) is 0. The Morgan fingerprint density at radius 2 is 1.95 bits per heavy atom. The highest BCUT2D eigenvalue weighted by atomic mass is 16.1. The summed E-state index contributed by atoms with van der Waals surface area (Å²) in [5.41, 5.74) is 9.18. The van der Waals surface area contributed by atoms with E-state index in [0.717, 1.165) is 29.7 Å². The lowest BCUT2D eigenvalue weighted by molar-refractivity contribution is -0.118. The van der Waals surface area contributed by atoms with E-state index in [0.29, 0.717) is 13.0 Å². The van der Waals surface area contributed by atoms with Gasteiger partial charge in [-0.2, -0.15) is 0 Å². The van der Waals surface area contributed by atoms with Crippen LogP contribution in [0.5, 0.6) is 0 Å². The van der Waals surface area contributed by atoms with Gasteiger partial charge in [0.1, 0.15) is 0 Å². The number of nitrogens with one attached hydrogen (secondary N) is 1. The lowest BCUT2D eigenvalue weighted by Gasteiger charge is -2.35. The molecule has 1 aliphatic rings. The van der Waals surface area contributed by atoms with Crippen molar-refractivity contribution in [1.82, 2.24) is 0 Å². The quantitative estimate of drug-likeness (QED) is 0.882. The minimum absolute atomic E-state index is 0.0278. The summed E-state index contributed by atoms with van der Waals surface area (Å²) in [5, 5.41) is 3.06. The van der Waals surface area contributed by atoms with Gasteiger partial charge in [0.2, 0.25) is 5.91 Å². The summed E-state index contributed by atoms with van der Waals surface area (Å²) in [6.07, 6.45) is 6.41. The number of rotatable bonds is 4. The molecule has 1 amide bonds. The highest BCUT2D eigenvalue weighted by molar-refractivity contribution is 5.92. The van der Waals surface area contributed by atoms with Crippen molar-refractivity contribution in [1.29, 1.82) is 0 Å². The van der Waals surface area contributed by atoms with Crippen molar-refractivity contribution in [2.75, 3.05) is 11.9 Å². The van der Waals surface area contributed by atoms with E-state index in [2.05, 4.69) is 11.4 Å². The van der Waals surface area contributed by atoms with Gasteiger partial charge >= 0.3 is 0 Å². The van der Waals surface area contributed by atoms with Crippen LogP contribution in [-0.4, -0.2) is 12.5 Å². The minimum atomic E-state index is 0.0278. The summed E-state index contributed by atoms with van der Waals surface area (Å²) in [4.78, 5) is 12.3. The number of anilines is 1. The third-order valence-electron chi connectivity index (χ3n) is 4.55. The fraction of sp³-hybridized carbons (Fsp3) is 0.588. The van der Waals surface area contributed by atoms with Crippen LogP contribution in [-0.2, 0) is 4.79 Å². The molecule has 0 aromatic heterocycles. The van der Waals surface area contributed by atoms with Gasteiger partial charge in [0.05, 0.1) is 0 Å². The molecule has 2 rings (SSSR count). The van der Waals surface area contributed by atoms with Gasteiger partial charge in [-0.05, 0) is 55.8 Å². The molecule has 1 aliphatic carbocycles. The molecule has 0 saturated heterocycles. The van der Waals surface area contributed by atoms with E-state index >= 15 is 0 Å². The molecule has 0 heterocycles. The number of carbonyl (C=O) groups excluding carboxylic acids is 1. The first-order chi connectivity index (χ1) is 9.54. The van der Waals surface area contributed by atoms with E-state index in [1.54, 1.807) is 0 Å². The Morgan fingerprint density at radius 3 is 2.60 bits per heavy atom. The molecule has 0 atom stereocenters. The van der Waals surface area contributed by atoms with Crippen LogP contribution >= 0.6 is 0 Å². The predicted molar refractivity (Wildman–Crippen MR) is 83.7 cm³/mol. The first-order valence-electron chi connectivity index (χ1n) is 7.62. The van der Waals surface area contributed by atoms with Crippen molar-refractivity contribution in [2.45, 2.75) is 52.4 Å². The normalized spacial score (nSPS) is 17.8. The Labute approximate surface area is 121 Å². The maximum atomic E-state index is 12.3. The van der Waals surface area contributed by atoms with E-state index in [9.17, 15) is 4.79 Å². The summed E-state index contributed by atoms with van der Waals surface area (Å²) in [6, 6.07) is 6.14. The third-order valence-corrected chi connectivity index (χ3v) is 4.55. The minimum Gasteiger partial charge on any atom is -0.330 e. The lowest BCUT2D eigenvalue weighted by Crippen LogP contribution is -2.36. The molecule has 3 nitrogen and oxygen atoms in total. The monoisotopic (exact) mass is 274 g/mol. The van der Waals surface area contributed by atoms with Crippen molar-refractivity contribution >= 4 is 11.6 Å². The third kappa shape index (κ3) is 3.60. The van der Waals surface area contributed by atoms with Crippen molar-refractivity contribution in [3.63, 3.8) is 0 Å². The molecule has 3 N–H and O–H groups in total. The van der Waals surface area contributed by atoms with Crippen LogP contribution in [0.25, 0.3) is 0 Å². The smallest absolute Gasteiger partial charge is 0.224 e. The first kappa shape index (κ1) is 15.0. The number of aryl methyl sites for hydroxylation is 2. The SMILES string of the molecule is Cc1ccc(C)c(NC(=O)CC2(CN)CCCCC2)c1. The Kier molecular flexibility index (Phi) is 4.81. The van der Waals surface area contributed by atoms with Gasteiger partial charge in [0, 0.05) is 12.1 Å². The summed E-state index contributed by atoms with van der Waals surface area (Å²) in [6.45, 7) is 4.68. The van der Waals surface area contributed by atoms with Gasteiger partial charge in [0.15, 0.2) is 0 Å². The molecule has 1 aromatic rings. The van der Waals surface area contributed by atoms with Crippen LogP contribution in [0.1, 0.15) is 49.7 Å². The van der Waals surface area contributed by atoms with Crippen LogP contribution in [0, 0.1) is 19.3 Å². The maximum absolute atomic E-state index is 12.3. The molecular weight excluding hydrogens is 248 g/mol. The first-order valence-corrected chi connectivity index (χ1v) is 7.62. The standard InChI is InChI=1S/C17H26N2O/c1-13-6-7-14(2)15(10-13)19-16(20)11-17(12-18)8-4-3-5-9-17/h6-7,10H,3-5,8-9,11-12,18H2,1-2H3,(H,19,20). The van der Waals surface area contributed by atoms with Gasteiger partial charge in [0.25, 0.3) is 0 Å². The molecule has 0 radical (unpaired) electrons. The molecule has 1 aromatic carbocycles. The average molecular weight is 274 g/mol. The molecule has 1 saturated carbocycles. The zero-order chi connectivity index (χ0) is 14.6. The molecule has 0 unspecified atom stereocenters. The van der Waals surface area contributed by atoms with E-state index in [-0.39, 0.29) is 11.3 Å². The van der Waals surface area contributed by atoms with E-state index in [4.69, 9.17) is 5.73 Å². The number of hydrogen-bond acceptors (Lipinski definition) is 2. The second-order valence-corrected chi connectivity index (χ2v) is 6.31. The topological polar surface area (TPSA) is 55.1 Å². The Balaban J connectivity index is 2.02. The Bertz CT molecular complexity index is 476. The van der Waals surface area contributed by atoms with E-state index < -0.39 is 0 Å². The van der Waals surface area contributed by atoms with Crippen LogP contribution < -0.4 is 11.1 Å². The molecule has 0 aliphatic heterocycles. The summed E-state index contributed by atoms with van der Waals surface area (Å²) >= 11 is 0.